The molecule has 1 rings (SSSR count). The minimum Gasteiger partial charge on any atom is -0.459 e. The molecule has 0 aliphatic heterocycles. The van der Waals surface area contributed by atoms with Crippen LogP contribution in [-0.4, -0.2) is 12.1 Å². The highest BCUT2D eigenvalue weighted by molar-refractivity contribution is 5.98. The molecular weight excluding hydrogens is 271 g/mol. The van der Waals surface area contributed by atoms with E-state index in [1.54, 1.807) is 19.9 Å². The standard InChI is InChI=1S/C14H12F3NO2/c1-9(2)20-13(19)11(8-18)7-10-5-3-4-6-12(10)14(15,16)17/h3-7,9H,1-2H3. The van der Waals surface area contributed by atoms with Crippen LogP contribution in [0.15, 0.2) is 29.8 Å². The quantitative estimate of drug-likeness (QED) is 0.484. The number of hydrogen-bond donors (Lipinski definition) is 0. The van der Waals surface area contributed by atoms with Crippen molar-refractivity contribution in [2.24, 2.45) is 0 Å². The molecular formula is C14H12F3NO2. The Labute approximate surface area is 114 Å². The summed E-state index contributed by atoms with van der Waals surface area (Å²) in [5, 5.41) is 8.86. The molecule has 3 nitrogen and oxygen atoms in total. The van der Waals surface area contributed by atoms with E-state index >= 15 is 0 Å². The Kier molecular flexibility index (Phi) is 4.92. The normalized spacial score (nSPS) is 12.2. The summed E-state index contributed by atoms with van der Waals surface area (Å²) in [6, 6.07) is 6.25. The fraction of sp³-hybridized carbons (Fsp3) is 0.286. The van der Waals surface area contributed by atoms with Crippen molar-refractivity contribution in [2.75, 3.05) is 0 Å². The Bertz CT molecular complexity index is 569. The number of alkyl halides is 3. The third-order valence-corrected chi connectivity index (χ3v) is 2.25. The van der Waals surface area contributed by atoms with Crippen molar-refractivity contribution in [3.05, 3.63) is 41.0 Å². The van der Waals surface area contributed by atoms with Crippen LogP contribution in [0.1, 0.15) is 25.0 Å². The van der Waals surface area contributed by atoms with Crippen LogP contribution in [0.25, 0.3) is 6.08 Å². The maximum Gasteiger partial charge on any atom is 0.416 e. The molecule has 0 bridgehead atoms. The van der Waals surface area contributed by atoms with E-state index in [-0.39, 0.29) is 5.56 Å². The van der Waals surface area contributed by atoms with Crippen LogP contribution in [-0.2, 0) is 15.7 Å². The molecule has 0 saturated heterocycles. The molecule has 0 saturated carbocycles. The number of rotatable bonds is 3. The molecule has 0 unspecified atom stereocenters. The zero-order valence-electron chi connectivity index (χ0n) is 10.9. The van der Waals surface area contributed by atoms with E-state index in [0.29, 0.717) is 0 Å². The van der Waals surface area contributed by atoms with Gasteiger partial charge < -0.3 is 4.74 Å². The lowest BCUT2D eigenvalue weighted by atomic mass is 10.0. The number of hydrogen-bond acceptors (Lipinski definition) is 3. The highest BCUT2D eigenvalue weighted by Gasteiger charge is 2.32. The number of carbonyl (C=O) groups is 1. The smallest absolute Gasteiger partial charge is 0.416 e. The number of nitrogens with zero attached hydrogens (tertiary/aromatic N) is 1. The largest absolute Gasteiger partial charge is 0.459 e. The first kappa shape index (κ1) is 15.8. The number of carbonyl (C=O) groups excluding carboxylic acids is 1. The maximum atomic E-state index is 12.8. The van der Waals surface area contributed by atoms with Gasteiger partial charge in [0.2, 0.25) is 0 Å². The number of nitriles is 1. The lowest BCUT2D eigenvalue weighted by Crippen LogP contribution is -2.13. The second kappa shape index (κ2) is 6.24. The van der Waals surface area contributed by atoms with Crippen LogP contribution < -0.4 is 0 Å². The average Bonchev–Trinajstić information content (AvgIpc) is 2.34. The molecule has 1 aromatic rings. The Balaban J connectivity index is 3.22. The summed E-state index contributed by atoms with van der Waals surface area (Å²) in [5.74, 6) is -0.945. The number of esters is 1. The van der Waals surface area contributed by atoms with Crippen molar-refractivity contribution in [3.8, 4) is 6.07 Å². The molecule has 0 amide bonds. The second-order valence-electron chi connectivity index (χ2n) is 4.21. The second-order valence-corrected chi connectivity index (χ2v) is 4.21. The first-order valence-corrected chi connectivity index (χ1v) is 5.74. The molecule has 1 aromatic carbocycles. The van der Waals surface area contributed by atoms with Crippen LogP contribution >= 0.6 is 0 Å². The molecule has 0 aliphatic rings. The van der Waals surface area contributed by atoms with Gasteiger partial charge >= 0.3 is 12.1 Å². The Morgan fingerprint density at radius 2 is 1.95 bits per heavy atom. The van der Waals surface area contributed by atoms with Gasteiger partial charge in [0.25, 0.3) is 0 Å². The van der Waals surface area contributed by atoms with E-state index in [4.69, 9.17) is 10.00 Å². The van der Waals surface area contributed by atoms with Gasteiger partial charge in [-0.05, 0) is 31.6 Å². The molecule has 106 valence electrons. The van der Waals surface area contributed by atoms with E-state index in [1.165, 1.54) is 18.2 Å². The van der Waals surface area contributed by atoms with Gasteiger partial charge in [-0.15, -0.1) is 0 Å². The third-order valence-electron chi connectivity index (χ3n) is 2.25. The number of halogens is 3. The fourth-order valence-corrected chi connectivity index (χ4v) is 1.45. The minimum atomic E-state index is -4.56. The van der Waals surface area contributed by atoms with E-state index in [1.807, 2.05) is 0 Å². The monoisotopic (exact) mass is 283 g/mol. The van der Waals surface area contributed by atoms with Crippen LogP contribution in [0.5, 0.6) is 0 Å². The predicted octanol–water partition coefficient (Wildman–Crippen LogP) is 3.56. The maximum absolute atomic E-state index is 12.8. The molecule has 0 heterocycles. The Morgan fingerprint density at radius 1 is 1.35 bits per heavy atom. The van der Waals surface area contributed by atoms with Gasteiger partial charge in [-0.2, -0.15) is 18.4 Å². The zero-order valence-corrected chi connectivity index (χ0v) is 10.9. The summed E-state index contributed by atoms with van der Waals surface area (Å²) in [6.45, 7) is 3.16. The van der Waals surface area contributed by atoms with E-state index < -0.39 is 29.4 Å². The lowest BCUT2D eigenvalue weighted by molar-refractivity contribution is -0.142. The molecule has 0 aromatic heterocycles. The van der Waals surface area contributed by atoms with Crippen LogP contribution in [0.4, 0.5) is 13.2 Å². The van der Waals surface area contributed by atoms with Gasteiger partial charge in [-0.1, -0.05) is 18.2 Å². The Hall–Kier alpha value is -2.29. The molecule has 0 aliphatic carbocycles. The highest BCUT2D eigenvalue weighted by Crippen LogP contribution is 2.32. The molecule has 0 N–H and O–H groups in total. The lowest BCUT2D eigenvalue weighted by Gasteiger charge is -2.11. The summed E-state index contributed by atoms with van der Waals surface area (Å²) >= 11 is 0. The molecule has 0 radical (unpaired) electrons. The summed E-state index contributed by atoms with van der Waals surface area (Å²) in [5.41, 5.74) is -1.64. The van der Waals surface area contributed by atoms with Crippen molar-refractivity contribution >= 4 is 12.0 Å². The average molecular weight is 283 g/mol. The van der Waals surface area contributed by atoms with Crippen molar-refractivity contribution in [1.82, 2.24) is 0 Å². The zero-order chi connectivity index (χ0) is 15.3. The van der Waals surface area contributed by atoms with Crippen molar-refractivity contribution in [1.29, 1.82) is 5.26 Å². The fourth-order valence-electron chi connectivity index (χ4n) is 1.45. The van der Waals surface area contributed by atoms with Gasteiger partial charge in [0.1, 0.15) is 11.6 Å². The summed E-state index contributed by atoms with van der Waals surface area (Å²) < 4.78 is 43.1. The van der Waals surface area contributed by atoms with E-state index in [0.717, 1.165) is 12.1 Å². The first-order valence-electron chi connectivity index (χ1n) is 5.74. The molecule has 20 heavy (non-hydrogen) atoms. The Morgan fingerprint density at radius 3 is 2.45 bits per heavy atom. The van der Waals surface area contributed by atoms with Crippen LogP contribution in [0.3, 0.4) is 0 Å². The van der Waals surface area contributed by atoms with Crippen LogP contribution in [0.2, 0.25) is 0 Å². The topological polar surface area (TPSA) is 50.1 Å². The number of ether oxygens (including phenoxy) is 1. The predicted molar refractivity (Wildman–Crippen MR) is 66.3 cm³/mol. The summed E-state index contributed by atoms with van der Waals surface area (Å²) in [4.78, 5) is 11.6. The molecule has 0 atom stereocenters. The third kappa shape index (κ3) is 4.12. The van der Waals surface area contributed by atoms with Crippen molar-refractivity contribution in [2.45, 2.75) is 26.1 Å². The van der Waals surface area contributed by atoms with Crippen LogP contribution in [0, 0.1) is 11.3 Å². The first-order chi connectivity index (χ1) is 9.25. The molecule has 6 heteroatoms. The number of benzene rings is 1. The van der Waals surface area contributed by atoms with E-state index in [9.17, 15) is 18.0 Å². The molecule has 0 fully saturated rings. The van der Waals surface area contributed by atoms with Gasteiger partial charge in [0, 0.05) is 0 Å². The van der Waals surface area contributed by atoms with Gasteiger partial charge in [0.15, 0.2) is 0 Å². The highest BCUT2D eigenvalue weighted by atomic mass is 19.4. The summed E-state index contributed by atoms with van der Waals surface area (Å²) in [7, 11) is 0. The van der Waals surface area contributed by atoms with Gasteiger partial charge in [0.05, 0.1) is 11.7 Å². The minimum absolute atomic E-state index is 0.253. The van der Waals surface area contributed by atoms with E-state index in [2.05, 4.69) is 0 Å². The SMILES string of the molecule is CC(C)OC(=O)C(C#N)=Cc1ccccc1C(F)(F)F. The molecule has 0 spiro atoms. The van der Waals surface area contributed by atoms with Gasteiger partial charge in [-0.3, -0.25) is 0 Å². The van der Waals surface area contributed by atoms with Crippen molar-refractivity contribution < 1.29 is 22.7 Å². The van der Waals surface area contributed by atoms with Crippen molar-refractivity contribution in [3.63, 3.8) is 0 Å². The van der Waals surface area contributed by atoms with Gasteiger partial charge in [-0.25, -0.2) is 4.79 Å². The summed E-state index contributed by atoms with van der Waals surface area (Å²) in [6.07, 6.45) is -4.14.